The van der Waals surface area contributed by atoms with Gasteiger partial charge in [0.05, 0.1) is 12.6 Å². The fraction of sp³-hybridized carbons (Fsp3) is 0.529. The number of halogens is 2. The van der Waals surface area contributed by atoms with Crippen molar-refractivity contribution in [3.05, 3.63) is 35.4 Å². The summed E-state index contributed by atoms with van der Waals surface area (Å²) in [6, 6.07) is 4.02. The van der Waals surface area contributed by atoms with Crippen molar-refractivity contribution in [3.63, 3.8) is 0 Å². The molecule has 3 atom stereocenters. The van der Waals surface area contributed by atoms with E-state index in [0.717, 1.165) is 18.3 Å². The number of hydrogen-bond acceptors (Lipinski definition) is 3. The molecule has 7 heteroatoms. The maximum Gasteiger partial charge on any atom is 0.405 e. The third-order valence-corrected chi connectivity index (χ3v) is 4.92. The fourth-order valence-electron chi connectivity index (χ4n) is 3.68. The van der Waals surface area contributed by atoms with E-state index in [4.69, 9.17) is 5.11 Å². The molecular weight excluding hydrogens is 316 g/mol. The molecule has 0 saturated carbocycles. The van der Waals surface area contributed by atoms with Gasteiger partial charge in [-0.2, -0.15) is 0 Å². The summed E-state index contributed by atoms with van der Waals surface area (Å²) in [5.41, 5.74) is 0.354. The van der Waals surface area contributed by atoms with Gasteiger partial charge >= 0.3 is 6.09 Å². The Kier molecular flexibility index (Phi) is 4.69. The van der Waals surface area contributed by atoms with Gasteiger partial charge in [-0.15, -0.1) is 0 Å². The first-order valence-corrected chi connectivity index (χ1v) is 8.25. The molecule has 1 fully saturated rings. The third-order valence-electron chi connectivity index (χ3n) is 4.92. The number of aliphatic imine (C=N–C) groups is 1. The van der Waals surface area contributed by atoms with Crippen LogP contribution in [0.4, 0.5) is 13.6 Å². The van der Waals surface area contributed by atoms with Crippen LogP contribution in [0.25, 0.3) is 0 Å². The summed E-state index contributed by atoms with van der Waals surface area (Å²) >= 11 is 0. The van der Waals surface area contributed by atoms with Crippen LogP contribution in [0.5, 0.6) is 0 Å². The van der Waals surface area contributed by atoms with Crippen LogP contribution in [0.3, 0.4) is 0 Å². The molecule has 0 aliphatic carbocycles. The first kappa shape index (κ1) is 16.7. The highest BCUT2D eigenvalue weighted by atomic mass is 19.2. The highest BCUT2D eigenvalue weighted by molar-refractivity contribution is 5.91. The second-order valence-electron chi connectivity index (χ2n) is 6.33. The Balaban J connectivity index is 1.91. The molecule has 2 N–H and O–H groups in total. The largest absolute Gasteiger partial charge is 0.465 e. The number of benzene rings is 1. The Morgan fingerprint density at radius 3 is 2.92 bits per heavy atom. The van der Waals surface area contributed by atoms with Crippen LogP contribution in [0.1, 0.15) is 37.7 Å². The van der Waals surface area contributed by atoms with Gasteiger partial charge < -0.3 is 15.3 Å². The van der Waals surface area contributed by atoms with Crippen LogP contribution in [0, 0.1) is 11.6 Å². The van der Waals surface area contributed by atoms with Gasteiger partial charge in [0.1, 0.15) is 5.84 Å². The molecular formula is C17H21F2N3O2. The smallest absolute Gasteiger partial charge is 0.405 e. The van der Waals surface area contributed by atoms with Crippen molar-refractivity contribution in [2.24, 2.45) is 4.99 Å². The first-order chi connectivity index (χ1) is 11.5. The van der Waals surface area contributed by atoms with Crippen LogP contribution in [-0.4, -0.2) is 47.1 Å². The van der Waals surface area contributed by atoms with E-state index in [1.807, 2.05) is 6.92 Å². The SMILES string of the molecule is CCC1CN=C2[C@H](NC(=O)O)CC[C@@H](c3cccc(F)c3F)CN21. The molecule has 1 amide bonds. The molecule has 0 bridgehead atoms. The van der Waals surface area contributed by atoms with Crippen LogP contribution in [-0.2, 0) is 0 Å². The van der Waals surface area contributed by atoms with E-state index in [-0.39, 0.29) is 12.0 Å². The van der Waals surface area contributed by atoms with Gasteiger partial charge in [0, 0.05) is 18.5 Å². The van der Waals surface area contributed by atoms with Crippen molar-refractivity contribution < 1.29 is 18.7 Å². The van der Waals surface area contributed by atoms with E-state index in [2.05, 4.69) is 15.2 Å². The zero-order chi connectivity index (χ0) is 17.3. The molecule has 130 valence electrons. The van der Waals surface area contributed by atoms with Crippen molar-refractivity contribution in [2.75, 3.05) is 13.1 Å². The Bertz CT molecular complexity index is 665. The number of fused-ring (bicyclic) bond motifs is 1. The molecule has 0 spiro atoms. The average Bonchev–Trinajstić information content (AvgIpc) is 2.87. The van der Waals surface area contributed by atoms with E-state index >= 15 is 0 Å². The van der Waals surface area contributed by atoms with Crippen LogP contribution >= 0.6 is 0 Å². The maximum atomic E-state index is 14.2. The Morgan fingerprint density at radius 1 is 1.42 bits per heavy atom. The van der Waals surface area contributed by atoms with Crippen LogP contribution in [0.15, 0.2) is 23.2 Å². The number of rotatable bonds is 3. The lowest BCUT2D eigenvalue weighted by molar-refractivity contribution is 0.191. The summed E-state index contributed by atoms with van der Waals surface area (Å²) < 4.78 is 27.8. The molecule has 0 aromatic heterocycles. The predicted molar refractivity (Wildman–Crippen MR) is 86.4 cm³/mol. The molecule has 2 aliphatic heterocycles. The Morgan fingerprint density at radius 2 is 2.21 bits per heavy atom. The minimum Gasteiger partial charge on any atom is -0.465 e. The Labute approximate surface area is 139 Å². The number of amidine groups is 1. The summed E-state index contributed by atoms with van der Waals surface area (Å²) in [6.45, 7) is 3.18. The summed E-state index contributed by atoms with van der Waals surface area (Å²) in [7, 11) is 0. The van der Waals surface area contributed by atoms with Gasteiger partial charge in [0.2, 0.25) is 0 Å². The van der Waals surface area contributed by atoms with Crippen molar-refractivity contribution in [3.8, 4) is 0 Å². The molecule has 5 nitrogen and oxygen atoms in total. The number of nitrogens with one attached hydrogen (secondary N) is 1. The summed E-state index contributed by atoms with van der Waals surface area (Å²) in [5.74, 6) is -1.13. The standard InChI is InChI=1S/C17H21F2N3O2/c1-2-11-8-20-16-14(21-17(23)24)7-6-10(9-22(11)16)12-4-3-5-13(18)15(12)19/h3-5,10-11,14,21H,2,6-9H2,1H3,(H,23,24)/t10-,11?,14-/m1/s1. The van der Waals surface area contributed by atoms with Crippen molar-refractivity contribution in [1.82, 2.24) is 10.2 Å². The van der Waals surface area contributed by atoms with E-state index in [0.29, 0.717) is 31.5 Å². The maximum absolute atomic E-state index is 14.2. The number of amides is 1. The minimum atomic E-state index is -1.10. The van der Waals surface area contributed by atoms with Gasteiger partial charge in [-0.3, -0.25) is 4.99 Å². The third kappa shape index (κ3) is 3.07. The molecule has 1 saturated heterocycles. The lowest BCUT2D eigenvalue weighted by Crippen LogP contribution is -2.48. The average molecular weight is 337 g/mol. The number of carboxylic acid groups (broad SMARTS) is 1. The van der Waals surface area contributed by atoms with E-state index in [1.165, 1.54) is 6.07 Å². The van der Waals surface area contributed by atoms with Gasteiger partial charge in [-0.25, -0.2) is 13.6 Å². The fourth-order valence-corrected chi connectivity index (χ4v) is 3.68. The molecule has 1 aromatic rings. The highest BCUT2D eigenvalue weighted by Crippen LogP contribution is 2.33. The molecule has 2 aliphatic rings. The second kappa shape index (κ2) is 6.75. The minimum absolute atomic E-state index is 0.176. The molecule has 2 heterocycles. The van der Waals surface area contributed by atoms with Gasteiger partial charge in [0.15, 0.2) is 11.6 Å². The van der Waals surface area contributed by atoms with Gasteiger partial charge in [-0.05, 0) is 30.9 Å². The number of carbonyl (C=O) groups is 1. The van der Waals surface area contributed by atoms with E-state index < -0.39 is 23.8 Å². The van der Waals surface area contributed by atoms with E-state index in [9.17, 15) is 13.6 Å². The molecule has 3 rings (SSSR count). The Hall–Kier alpha value is -2.18. The number of nitrogens with zero attached hydrogens (tertiary/aromatic N) is 2. The number of hydrogen-bond donors (Lipinski definition) is 2. The molecule has 24 heavy (non-hydrogen) atoms. The van der Waals surface area contributed by atoms with Crippen LogP contribution < -0.4 is 5.32 Å². The van der Waals surface area contributed by atoms with Crippen LogP contribution in [0.2, 0.25) is 0 Å². The van der Waals surface area contributed by atoms with Gasteiger partial charge in [0.25, 0.3) is 0 Å². The highest BCUT2D eigenvalue weighted by Gasteiger charge is 2.37. The monoisotopic (exact) mass is 337 g/mol. The van der Waals surface area contributed by atoms with Crippen molar-refractivity contribution >= 4 is 11.9 Å². The summed E-state index contributed by atoms with van der Waals surface area (Å²) in [4.78, 5) is 17.7. The second-order valence-corrected chi connectivity index (χ2v) is 6.33. The topological polar surface area (TPSA) is 64.9 Å². The van der Waals surface area contributed by atoms with Crippen molar-refractivity contribution in [2.45, 2.75) is 44.2 Å². The molecule has 1 unspecified atom stereocenters. The molecule has 1 aromatic carbocycles. The normalized spacial score (nSPS) is 26.5. The lowest BCUT2D eigenvalue weighted by atomic mass is 9.92. The zero-order valence-corrected chi connectivity index (χ0v) is 13.5. The van der Waals surface area contributed by atoms with E-state index in [1.54, 1.807) is 6.07 Å². The summed E-state index contributed by atoms with van der Waals surface area (Å²) in [5, 5.41) is 11.6. The summed E-state index contributed by atoms with van der Waals surface area (Å²) in [6.07, 6.45) is 0.846. The van der Waals surface area contributed by atoms with Crippen molar-refractivity contribution in [1.29, 1.82) is 0 Å². The lowest BCUT2D eigenvalue weighted by Gasteiger charge is -2.30. The zero-order valence-electron chi connectivity index (χ0n) is 13.5. The quantitative estimate of drug-likeness (QED) is 0.891. The first-order valence-electron chi connectivity index (χ1n) is 8.25. The predicted octanol–water partition coefficient (Wildman–Crippen LogP) is 2.97. The molecule has 0 radical (unpaired) electrons. The van der Waals surface area contributed by atoms with Gasteiger partial charge in [-0.1, -0.05) is 19.1 Å².